The van der Waals surface area contributed by atoms with Crippen LogP contribution < -0.4 is 10.1 Å². The second-order valence-corrected chi connectivity index (χ2v) is 4.63. The average molecular weight is 270 g/mol. The Morgan fingerprint density at radius 2 is 2.16 bits per heavy atom. The fourth-order valence-electron chi connectivity index (χ4n) is 2.00. The molecular formula is C12H15FN2O4. The highest BCUT2D eigenvalue weighted by atomic mass is 19.1. The van der Waals surface area contributed by atoms with Crippen molar-refractivity contribution in [3.05, 3.63) is 34.1 Å². The maximum absolute atomic E-state index is 13.1. The second-order valence-electron chi connectivity index (χ2n) is 4.63. The number of piperidine rings is 1. The molecule has 2 rings (SSSR count). The topological polar surface area (TPSA) is 84.6 Å². The number of nitrogens with one attached hydrogen (secondary N) is 1. The highest BCUT2D eigenvalue weighted by molar-refractivity contribution is 5.46. The number of ether oxygens (including phenoxy) is 1. The third kappa shape index (κ3) is 3.39. The lowest BCUT2D eigenvalue weighted by molar-refractivity contribution is -0.386. The largest absolute Gasteiger partial charge is 0.484 e. The van der Waals surface area contributed by atoms with Gasteiger partial charge in [0.1, 0.15) is 18.0 Å². The lowest BCUT2D eigenvalue weighted by atomic mass is 9.93. The summed E-state index contributed by atoms with van der Waals surface area (Å²) in [6.07, 6.45) is 0.992. The molecule has 0 saturated carbocycles. The number of halogens is 1. The number of nitro groups is 1. The van der Waals surface area contributed by atoms with Gasteiger partial charge in [0.05, 0.1) is 4.92 Å². The van der Waals surface area contributed by atoms with Crippen LogP contribution in [0.4, 0.5) is 10.1 Å². The zero-order chi connectivity index (χ0) is 13.9. The van der Waals surface area contributed by atoms with Crippen molar-refractivity contribution in [2.75, 3.05) is 19.7 Å². The van der Waals surface area contributed by atoms with Gasteiger partial charge < -0.3 is 15.2 Å². The number of benzene rings is 1. The molecule has 19 heavy (non-hydrogen) atoms. The fourth-order valence-corrected chi connectivity index (χ4v) is 2.00. The van der Waals surface area contributed by atoms with E-state index in [0.29, 0.717) is 25.9 Å². The van der Waals surface area contributed by atoms with Crippen LogP contribution in [0.25, 0.3) is 0 Å². The van der Waals surface area contributed by atoms with Crippen molar-refractivity contribution in [1.82, 2.24) is 5.32 Å². The van der Waals surface area contributed by atoms with Gasteiger partial charge in [0.2, 0.25) is 0 Å². The van der Waals surface area contributed by atoms with Gasteiger partial charge in [-0.2, -0.15) is 0 Å². The Morgan fingerprint density at radius 3 is 2.79 bits per heavy atom. The molecule has 2 N–H and O–H groups in total. The van der Waals surface area contributed by atoms with E-state index in [9.17, 15) is 19.6 Å². The first kappa shape index (κ1) is 13.7. The monoisotopic (exact) mass is 270 g/mol. The summed E-state index contributed by atoms with van der Waals surface area (Å²) >= 11 is 0. The van der Waals surface area contributed by atoms with Gasteiger partial charge in [-0.1, -0.05) is 0 Å². The number of hydrogen-bond acceptors (Lipinski definition) is 5. The molecule has 0 atom stereocenters. The standard InChI is InChI=1S/C12H15FN2O4/c13-9-1-2-10(15(17)18)11(7-9)19-8-12(16)3-5-14-6-4-12/h1-2,7,14,16H,3-6,8H2. The zero-order valence-electron chi connectivity index (χ0n) is 10.3. The molecule has 0 bridgehead atoms. The minimum atomic E-state index is -1.02. The van der Waals surface area contributed by atoms with Crippen molar-refractivity contribution in [3.63, 3.8) is 0 Å². The molecule has 1 aliphatic heterocycles. The third-order valence-electron chi connectivity index (χ3n) is 3.15. The Labute approximate surface area is 109 Å². The van der Waals surface area contributed by atoms with Gasteiger partial charge >= 0.3 is 5.69 Å². The quantitative estimate of drug-likeness (QED) is 0.635. The third-order valence-corrected chi connectivity index (χ3v) is 3.15. The summed E-state index contributed by atoms with van der Waals surface area (Å²) in [5, 5.41) is 24.1. The maximum atomic E-state index is 13.1. The molecule has 1 aromatic carbocycles. The molecule has 0 spiro atoms. The molecule has 0 unspecified atom stereocenters. The highest BCUT2D eigenvalue weighted by Gasteiger charge is 2.31. The average Bonchev–Trinajstić information content (AvgIpc) is 2.37. The van der Waals surface area contributed by atoms with Crippen LogP contribution >= 0.6 is 0 Å². The molecule has 1 heterocycles. The van der Waals surface area contributed by atoms with E-state index < -0.39 is 16.3 Å². The first-order chi connectivity index (χ1) is 9.00. The molecular weight excluding hydrogens is 255 g/mol. The zero-order valence-corrected chi connectivity index (χ0v) is 10.3. The van der Waals surface area contributed by atoms with Gasteiger partial charge in [-0.3, -0.25) is 10.1 Å². The Kier molecular flexibility index (Phi) is 3.96. The van der Waals surface area contributed by atoms with Gasteiger partial charge in [-0.25, -0.2) is 4.39 Å². The van der Waals surface area contributed by atoms with E-state index in [-0.39, 0.29) is 18.0 Å². The van der Waals surface area contributed by atoms with Crippen molar-refractivity contribution in [3.8, 4) is 5.75 Å². The first-order valence-electron chi connectivity index (χ1n) is 6.00. The van der Waals surface area contributed by atoms with E-state index >= 15 is 0 Å². The molecule has 0 radical (unpaired) electrons. The molecule has 0 amide bonds. The summed E-state index contributed by atoms with van der Waals surface area (Å²) in [4.78, 5) is 10.2. The maximum Gasteiger partial charge on any atom is 0.311 e. The van der Waals surface area contributed by atoms with Gasteiger partial charge in [0.15, 0.2) is 5.75 Å². The van der Waals surface area contributed by atoms with E-state index in [0.717, 1.165) is 18.2 Å². The molecule has 104 valence electrons. The molecule has 1 aliphatic rings. The number of aliphatic hydroxyl groups is 1. The molecule has 7 heteroatoms. The molecule has 6 nitrogen and oxygen atoms in total. The Balaban J connectivity index is 2.10. The number of nitro benzene ring substituents is 1. The highest BCUT2D eigenvalue weighted by Crippen LogP contribution is 2.29. The van der Waals surface area contributed by atoms with Crippen LogP contribution in [-0.2, 0) is 0 Å². The lowest BCUT2D eigenvalue weighted by Gasteiger charge is -2.32. The van der Waals surface area contributed by atoms with Crippen molar-refractivity contribution in [2.45, 2.75) is 18.4 Å². The van der Waals surface area contributed by atoms with Crippen molar-refractivity contribution < 1.29 is 19.2 Å². The Morgan fingerprint density at radius 1 is 1.47 bits per heavy atom. The summed E-state index contributed by atoms with van der Waals surface area (Å²) in [5.41, 5.74) is -1.33. The predicted octanol–water partition coefficient (Wildman–Crippen LogP) is 1.23. The number of rotatable bonds is 4. The van der Waals surface area contributed by atoms with Crippen LogP contribution in [0.15, 0.2) is 18.2 Å². The van der Waals surface area contributed by atoms with E-state index in [4.69, 9.17) is 4.74 Å². The van der Waals surface area contributed by atoms with Gasteiger partial charge in [0.25, 0.3) is 0 Å². The van der Waals surface area contributed by atoms with E-state index in [2.05, 4.69) is 5.32 Å². The molecule has 1 fully saturated rings. The summed E-state index contributed by atoms with van der Waals surface area (Å²) < 4.78 is 18.4. The van der Waals surface area contributed by atoms with Crippen LogP contribution in [0, 0.1) is 15.9 Å². The molecule has 1 aromatic rings. The van der Waals surface area contributed by atoms with Crippen molar-refractivity contribution in [2.24, 2.45) is 0 Å². The summed E-state index contributed by atoms with van der Waals surface area (Å²) in [6.45, 7) is 1.23. The minimum absolute atomic E-state index is 0.0844. The minimum Gasteiger partial charge on any atom is -0.484 e. The summed E-state index contributed by atoms with van der Waals surface area (Å²) in [6, 6.07) is 3.02. The lowest BCUT2D eigenvalue weighted by Crippen LogP contribution is -2.46. The number of hydrogen-bond donors (Lipinski definition) is 2. The predicted molar refractivity (Wildman–Crippen MR) is 65.6 cm³/mol. The summed E-state index contributed by atoms with van der Waals surface area (Å²) in [7, 11) is 0. The second kappa shape index (κ2) is 5.50. The molecule has 0 aromatic heterocycles. The molecule has 1 saturated heterocycles. The van der Waals surface area contributed by atoms with Gasteiger partial charge in [0, 0.05) is 12.1 Å². The van der Waals surface area contributed by atoms with E-state index in [1.165, 1.54) is 0 Å². The normalized spacial score (nSPS) is 18.0. The van der Waals surface area contributed by atoms with Crippen LogP contribution in [0.3, 0.4) is 0 Å². The fraction of sp³-hybridized carbons (Fsp3) is 0.500. The molecule has 0 aliphatic carbocycles. The summed E-state index contributed by atoms with van der Waals surface area (Å²) in [5.74, 6) is -0.769. The van der Waals surface area contributed by atoms with E-state index in [1.807, 2.05) is 0 Å². The van der Waals surface area contributed by atoms with Crippen LogP contribution in [-0.4, -0.2) is 35.3 Å². The first-order valence-corrected chi connectivity index (χ1v) is 6.00. The van der Waals surface area contributed by atoms with Crippen LogP contribution in [0.2, 0.25) is 0 Å². The van der Waals surface area contributed by atoms with Gasteiger partial charge in [-0.15, -0.1) is 0 Å². The van der Waals surface area contributed by atoms with Crippen molar-refractivity contribution >= 4 is 5.69 Å². The van der Waals surface area contributed by atoms with Crippen LogP contribution in [0.5, 0.6) is 5.75 Å². The SMILES string of the molecule is O=[N+]([O-])c1ccc(F)cc1OCC1(O)CCNCC1. The van der Waals surface area contributed by atoms with Crippen molar-refractivity contribution in [1.29, 1.82) is 0 Å². The Hall–Kier alpha value is -1.73. The van der Waals surface area contributed by atoms with Crippen LogP contribution in [0.1, 0.15) is 12.8 Å². The smallest absolute Gasteiger partial charge is 0.311 e. The van der Waals surface area contributed by atoms with E-state index in [1.54, 1.807) is 0 Å². The number of nitrogens with zero attached hydrogens (tertiary/aromatic N) is 1. The van der Waals surface area contributed by atoms with Gasteiger partial charge in [-0.05, 0) is 32.0 Å². The Bertz CT molecular complexity index is 475.